The van der Waals surface area contributed by atoms with Crippen LogP contribution in [0.3, 0.4) is 0 Å². The number of aromatic nitrogens is 2. The van der Waals surface area contributed by atoms with Crippen molar-refractivity contribution in [3.63, 3.8) is 0 Å². The third-order valence-corrected chi connectivity index (χ3v) is 10.2. The molecule has 0 aliphatic heterocycles. The Balaban J connectivity index is 1.63. The van der Waals surface area contributed by atoms with Crippen molar-refractivity contribution in [2.75, 3.05) is 13.2 Å². The Kier molecular flexibility index (Phi) is 9.93. The molecule has 2 aromatic heterocycles. The monoisotopic (exact) mass is 468 g/mol. The van der Waals surface area contributed by atoms with Crippen molar-refractivity contribution < 1.29 is 9.47 Å². The van der Waals surface area contributed by atoms with E-state index in [-0.39, 0.29) is 6.10 Å². The fraction of sp³-hybridized carbons (Fsp3) is 0.643. The molecule has 0 spiro atoms. The third-order valence-electron chi connectivity index (χ3n) is 6.88. The van der Waals surface area contributed by atoms with Gasteiger partial charge >= 0.3 is 0 Å². The van der Waals surface area contributed by atoms with E-state index in [9.17, 15) is 0 Å². The van der Waals surface area contributed by atoms with Gasteiger partial charge < -0.3 is 9.47 Å². The Morgan fingerprint density at radius 1 is 0.848 bits per heavy atom. The first-order chi connectivity index (χ1) is 16.0. The molecule has 1 atom stereocenters. The van der Waals surface area contributed by atoms with Gasteiger partial charge in [-0.15, -0.1) is 0 Å². The lowest BCUT2D eigenvalue weighted by Crippen LogP contribution is -2.43. The predicted octanol–water partition coefficient (Wildman–Crippen LogP) is 6.71. The molecule has 33 heavy (non-hydrogen) atoms. The molecule has 5 heteroatoms. The summed E-state index contributed by atoms with van der Waals surface area (Å²) in [4.78, 5) is 10.0. The predicted molar refractivity (Wildman–Crippen MR) is 141 cm³/mol. The van der Waals surface area contributed by atoms with Gasteiger partial charge in [-0.3, -0.25) is 4.98 Å². The summed E-state index contributed by atoms with van der Waals surface area (Å²) in [5, 5.41) is 1.35. The minimum absolute atomic E-state index is 0.132. The van der Waals surface area contributed by atoms with Crippen molar-refractivity contribution in [1.29, 1.82) is 0 Å². The number of fused-ring (bicyclic) bond motifs is 3. The molecule has 1 unspecified atom stereocenters. The van der Waals surface area contributed by atoms with Gasteiger partial charge in [-0.05, 0) is 37.8 Å². The quantitative estimate of drug-likeness (QED) is 0.228. The number of aryl methyl sites for hydroxylation is 2. The Labute approximate surface area is 202 Å². The van der Waals surface area contributed by atoms with Crippen LogP contribution < -0.4 is 10.1 Å². The molecule has 2 aromatic rings. The van der Waals surface area contributed by atoms with Gasteiger partial charge in [0.15, 0.2) is 0 Å². The normalized spacial score (nSPS) is 14.0. The maximum Gasteiger partial charge on any atom is 0.213 e. The smallest absolute Gasteiger partial charge is 0.213 e. The number of rotatable bonds is 14. The minimum Gasteiger partial charge on any atom is -0.475 e. The summed E-state index contributed by atoms with van der Waals surface area (Å²) in [6, 6.07) is 10.1. The van der Waals surface area contributed by atoms with Crippen molar-refractivity contribution in [1.82, 2.24) is 9.97 Å². The molecule has 0 N–H and O–H groups in total. The Morgan fingerprint density at radius 3 is 2.24 bits per heavy atom. The summed E-state index contributed by atoms with van der Waals surface area (Å²) in [5.41, 5.74) is 4.84. The van der Waals surface area contributed by atoms with Gasteiger partial charge in [0.25, 0.3) is 0 Å². The van der Waals surface area contributed by atoms with E-state index in [0.717, 1.165) is 38.0 Å². The number of hydrogen-bond acceptors (Lipinski definition) is 4. The second-order valence-electron chi connectivity index (χ2n) is 10.1. The van der Waals surface area contributed by atoms with Gasteiger partial charge in [0.2, 0.25) is 5.88 Å². The summed E-state index contributed by atoms with van der Waals surface area (Å²) in [6.07, 6.45) is 10.5. The lowest BCUT2D eigenvalue weighted by Gasteiger charge is -2.25. The van der Waals surface area contributed by atoms with Gasteiger partial charge in [0, 0.05) is 34.8 Å². The molecule has 3 rings (SSSR count). The molecule has 0 radical (unpaired) electrons. The molecule has 182 valence electrons. The summed E-state index contributed by atoms with van der Waals surface area (Å²) in [6.45, 7) is 13.0. The van der Waals surface area contributed by atoms with E-state index < -0.39 is 8.07 Å². The van der Waals surface area contributed by atoms with E-state index in [1.165, 1.54) is 60.3 Å². The first kappa shape index (κ1) is 25.9. The van der Waals surface area contributed by atoms with Crippen LogP contribution >= 0.6 is 0 Å². The van der Waals surface area contributed by atoms with Crippen molar-refractivity contribution >= 4 is 13.4 Å². The molecule has 1 aliphatic rings. The molecule has 0 bridgehead atoms. The molecule has 0 fully saturated rings. The molecular weight excluding hydrogens is 424 g/mol. The van der Waals surface area contributed by atoms with Crippen LogP contribution in [-0.2, 0) is 17.6 Å². The van der Waals surface area contributed by atoms with E-state index in [4.69, 9.17) is 19.4 Å². The van der Waals surface area contributed by atoms with Crippen molar-refractivity contribution in [3.8, 4) is 17.0 Å². The van der Waals surface area contributed by atoms with Gasteiger partial charge in [-0.1, -0.05) is 78.1 Å². The van der Waals surface area contributed by atoms with E-state index in [1.54, 1.807) is 0 Å². The molecule has 4 nitrogen and oxygen atoms in total. The van der Waals surface area contributed by atoms with Gasteiger partial charge in [-0.2, -0.15) is 0 Å². The van der Waals surface area contributed by atoms with Crippen LogP contribution in [0.4, 0.5) is 0 Å². The fourth-order valence-electron chi connectivity index (χ4n) is 4.54. The third kappa shape index (κ3) is 7.13. The van der Waals surface area contributed by atoms with Crippen LogP contribution in [0.25, 0.3) is 11.1 Å². The highest BCUT2D eigenvalue weighted by molar-refractivity contribution is 6.89. The summed E-state index contributed by atoms with van der Waals surface area (Å²) < 4.78 is 12.1. The average molecular weight is 469 g/mol. The molecule has 0 saturated carbocycles. The zero-order valence-electron chi connectivity index (χ0n) is 21.6. The van der Waals surface area contributed by atoms with Crippen LogP contribution in [0.1, 0.15) is 77.1 Å². The Bertz CT molecular complexity index is 884. The summed E-state index contributed by atoms with van der Waals surface area (Å²) >= 11 is 0. The van der Waals surface area contributed by atoms with Crippen molar-refractivity contribution in [3.05, 3.63) is 35.7 Å². The lowest BCUT2D eigenvalue weighted by atomic mass is 9.92. The van der Waals surface area contributed by atoms with Gasteiger partial charge in [0.1, 0.15) is 14.7 Å². The van der Waals surface area contributed by atoms with E-state index in [2.05, 4.69) is 52.1 Å². The second kappa shape index (κ2) is 12.7. The van der Waals surface area contributed by atoms with Crippen LogP contribution in [0.15, 0.2) is 24.3 Å². The van der Waals surface area contributed by atoms with Crippen LogP contribution in [0, 0.1) is 0 Å². The largest absolute Gasteiger partial charge is 0.475 e. The number of hydrogen-bond donors (Lipinski definition) is 0. The van der Waals surface area contributed by atoms with Crippen LogP contribution in [-0.4, -0.2) is 37.4 Å². The maximum atomic E-state index is 6.05. The van der Waals surface area contributed by atoms with Gasteiger partial charge in [-0.25, -0.2) is 4.98 Å². The highest BCUT2D eigenvalue weighted by Gasteiger charge is 2.27. The zero-order chi connectivity index (χ0) is 23.7. The molecule has 0 amide bonds. The number of nitrogens with zero attached hydrogens (tertiary/aromatic N) is 2. The zero-order valence-corrected chi connectivity index (χ0v) is 22.6. The molecule has 2 heterocycles. The second-order valence-corrected chi connectivity index (χ2v) is 14.9. The molecule has 1 aliphatic carbocycles. The topological polar surface area (TPSA) is 44.2 Å². The molecule has 0 aromatic carbocycles. The van der Waals surface area contributed by atoms with Crippen molar-refractivity contribution in [2.24, 2.45) is 0 Å². The SMILES string of the molecule is CCCCCCOC(CC)COc1ccc2c(n1)CCc1nc([Si](C)(C)CCCC)ccc1-2. The molecular formula is C28H44N2O2Si. The summed E-state index contributed by atoms with van der Waals surface area (Å²) in [5.74, 6) is 0.711. The highest BCUT2D eigenvalue weighted by Crippen LogP contribution is 2.32. The number of unbranched alkanes of at least 4 members (excludes halogenated alkanes) is 4. The Morgan fingerprint density at radius 2 is 1.55 bits per heavy atom. The average Bonchev–Trinajstić information content (AvgIpc) is 2.83. The standard InChI is InChI=1S/C28H44N2O2Si/c1-6-9-11-12-19-31-22(8-3)21-32-27-17-13-23-24-14-18-28(33(4,5)20-10-7-2)30-26(24)16-15-25(23)29-27/h13-14,17-18,22H,6-12,15-16,19-21H2,1-5H3. The van der Waals surface area contributed by atoms with E-state index in [1.807, 2.05) is 6.07 Å². The van der Waals surface area contributed by atoms with Crippen LogP contribution in [0.2, 0.25) is 19.1 Å². The maximum absolute atomic E-state index is 6.05. The lowest BCUT2D eigenvalue weighted by molar-refractivity contribution is 0.0152. The molecule has 0 saturated heterocycles. The Hall–Kier alpha value is -1.72. The fourth-order valence-corrected chi connectivity index (χ4v) is 7.00. The first-order valence-corrected chi connectivity index (χ1v) is 16.4. The number of pyridine rings is 2. The minimum atomic E-state index is -1.46. The van der Waals surface area contributed by atoms with E-state index in [0.29, 0.717) is 12.5 Å². The summed E-state index contributed by atoms with van der Waals surface area (Å²) in [7, 11) is -1.46. The number of ether oxygens (including phenoxy) is 2. The highest BCUT2D eigenvalue weighted by atomic mass is 28.3. The first-order valence-electron chi connectivity index (χ1n) is 13.2. The van der Waals surface area contributed by atoms with E-state index >= 15 is 0 Å². The van der Waals surface area contributed by atoms with Crippen LogP contribution in [0.5, 0.6) is 5.88 Å². The van der Waals surface area contributed by atoms with Gasteiger partial charge in [0.05, 0.1) is 11.8 Å². The van der Waals surface area contributed by atoms with Crippen molar-refractivity contribution in [2.45, 2.75) is 104 Å².